The number of H-pyrrole nitrogens is 1. The van der Waals surface area contributed by atoms with E-state index in [1.165, 1.54) is 12.8 Å². The molecule has 3 nitrogen and oxygen atoms in total. The molecule has 1 N–H and O–H groups in total. The summed E-state index contributed by atoms with van der Waals surface area (Å²) < 4.78 is 0. The number of nitrogens with zero attached hydrogens (tertiary/aromatic N) is 1. The number of aromatic nitrogens is 2. The van der Waals surface area contributed by atoms with Gasteiger partial charge in [0.15, 0.2) is 0 Å². The molecule has 90 valence electrons. The molecule has 3 rings (SSSR count). The summed E-state index contributed by atoms with van der Waals surface area (Å²) in [6.07, 6.45) is 3.49. The average molecular weight is 248 g/mol. The Kier molecular flexibility index (Phi) is 2.54. The monoisotopic (exact) mass is 248 g/mol. The standard InChI is InChI=1S/C13H16N2OS/c1-7(2)9-6-17-13-11(9)12(16)14-10(15-13)5-8-3-4-8/h6-8H,3-5H2,1-2H3,(H,14,15,16). The highest BCUT2D eigenvalue weighted by molar-refractivity contribution is 7.16. The van der Waals surface area contributed by atoms with Crippen LogP contribution in [0.5, 0.6) is 0 Å². The highest BCUT2D eigenvalue weighted by Crippen LogP contribution is 2.32. The van der Waals surface area contributed by atoms with Gasteiger partial charge in [-0.3, -0.25) is 4.79 Å². The van der Waals surface area contributed by atoms with E-state index < -0.39 is 0 Å². The molecule has 0 atom stereocenters. The zero-order valence-corrected chi connectivity index (χ0v) is 10.9. The van der Waals surface area contributed by atoms with Gasteiger partial charge < -0.3 is 4.98 Å². The van der Waals surface area contributed by atoms with E-state index in [0.29, 0.717) is 5.92 Å². The maximum absolute atomic E-state index is 12.1. The first-order valence-corrected chi connectivity index (χ1v) is 7.03. The summed E-state index contributed by atoms with van der Waals surface area (Å²) in [6, 6.07) is 0. The van der Waals surface area contributed by atoms with Crippen molar-refractivity contribution in [1.82, 2.24) is 9.97 Å². The Balaban J connectivity index is 2.11. The third-order valence-electron chi connectivity index (χ3n) is 3.32. The molecule has 2 heterocycles. The molecular formula is C13H16N2OS. The molecule has 0 aromatic carbocycles. The third-order valence-corrected chi connectivity index (χ3v) is 4.21. The van der Waals surface area contributed by atoms with Crippen molar-refractivity contribution in [1.29, 1.82) is 0 Å². The van der Waals surface area contributed by atoms with Gasteiger partial charge >= 0.3 is 0 Å². The lowest BCUT2D eigenvalue weighted by molar-refractivity contribution is 0.771. The van der Waals surface area contributed by atoms with Crippen LogP contribution in [-0.4, -0.2) is 9.97 Å². The Morgan fingerprint density at radius 2 is 2.29 bits per heavy atom. The van der Waals surface area contributed by atoms with Crippen LogP contribution in [0.1, 0.15) is 44.0 Å². The molecule has 0 unspecified atom stereocenters. The lowest BCUT2D eigenvalue weighted by Crippen LogP contribution is -2.12. The second kappa shape index (κ2) is 3.95. The van der Waals surface area contributed by atoms with Crippen molar-refractivity contribution in [3.8, 4) is 0 Å². The number of hydrogen-bond acceptors (Lipinski definition) is 3. The summed E-state index contributed by atoms with van der Waals surface area (Å²) in [7, 11) is 0. The van der Waals surface area contributed by atoms with Gasteiger partial charge in [-0.15, -0.1) is 11.3 Å². The largest absolute Gasteiger partial charge is 0.310 e. The summed E-state index contributed by atoms with van der Waals surface area (Å²) in [5.41, 5.74) is 1.16. The van der Waals surface area contributed by atoms with Gasteiger partial charge in [-0.05, 0) is 35.6 Å². The Morgan fingerprint density at radius 1 is 1.53 bits per heavy atom. The van der Waals surface area contributed by atoms with Gasteiger partial charge in [0.05, 0.1) is 5.39 Å². The van der Waals surface area contributed by atoms with Gasteiger partial charge in [0.2, 0.25) is 0 Å². The first-order chi connectivity index (χ1) is 8.15. The van der Waals surface area contributed by atoms with Crippen LogP contribution < -0.4 is 5.56 Å². The molecule has 0 amide bonds. The van der Waals surface area contributed by atoms with E-state index >= 15 is 0 Å². The number of thiophene rings is 1. The molecule has 2 aromatic heterocycles. The second-order valence-electron chi connectivity index (χ2n) is 5.19. The molecule has 4 heteroatoms. The van der Waals surface area contributed by atoms with Gasteiger partial charge in [-0.2, -0.15) is 0 Å². The number of aromatic amines is 1. The van der Waals surface area contributed by atoms with E-state index in [2.05, 4.69) is 29.2 Å². The van der Waals surface area contributed by atoms with Gasteiger partial charge in [-0.1, -0.05) is 13.8 Å². The van der Waals surface area contributed by atoms with Crippen molar-refractivity contribution >= 4 is 21.6 Å². The van der Waals surface area contributed by atoms with Gasteiger partial charge in [0.25, 0.3) is 5.56 Å². The summed E-state index contributed by atoms with van der Waals surface area (Å²) in [5, 5.41) is 2.86. The van der Waals surface area contributed by atoms with Crippen LogP contribution >= 0.6 is 11.3 Å². The normalized spacial score (nSPS) is 15.9. The molecule has 1 aliphatic rings. The molecular weight excluding hydrogens is 232 g/mol. The zero-order chi connectivity index (χ0) is 12.0. The minimum Gasteiger partial charge on any atom is -0.310 e. The minimum atomic E-state index is 0.0376. The van der Waals surface area contributed by atoms with Crippen LogP contribution in [0.2, 0.25) is 0 Å². The first kappa shape index (κ1) is 11.0. The lowest BCUT2D eigenvalue weighted by Gasteiger charge is -2.03. The summed E-state index contributed by atoms with van der Waals surface area (Å²) in [6.45, 7) is 4.22. The topological polar surface area (TPSA) is 45.8 Å². The Morgan fingerprint density at radius 3 is 2.94 bits per heavy atom. The van der Waals surface area contributed by atoms with E-state index in [-0.39, 0.29) is 5.56 Å². The Bertz CT molecular complexity index is 607. The molecule has 0 bridgehead atoms. The van der Waals surface area contributed by atoms with E-state index in [9.17, 15) is 4.79 Å². The quantitative estimate of drug-likeness (QED) is 0.907. The van der Waals surface area contributed by atoms with Crippen molar-refractivity contribution in [2.75, 3.05) is 0 Å². The van der Waals surface area contributed by atoms with E-state index in [4.69, 9.17) is 0 Å². The van der Waals surface area contributed by atoms with Crippen molar-refractivity contribution in [3.63, 3.8) is 0 Å². The molecule has 0 saturated heterocycles. The fourth-order valence-electron chi connectivity index (χ4n) is 2.13. The van der Waals surface area contributed by atoms with Crippen LogP contribution in [-0.2, 0) is 6.42 Å². The number of rotatable bonds is 3. The van der Waals surface area contributed by atoms with Crippen LogP contribution in [0.3, 0.4) is 0 Å². The minimum absolute atomic E-state index is 0.0376. The molecule has 17 heavy (non-hydrogen) atoms. The number of hydrogen-bond donors (Lipinski definition) is 1. The number of nitrogens with one attached hydrogen (secondary N) is 1. The smallest absolute Gasteiger partial charge is 0.259 e. The molecule has 0 aliphatic heterocycles. The Labute approximate surface area is 104 Å². The summed E-state index contributed by atoms with van der Waals surface area (Å²) >= 11 is 1.59. The average Bonchev–Trinajstić information content (AvgIpc) is 2.95. The van der Waals surface area contributed by atoms with Crippen LogP contribution in [0, 0.1) is 5.92 Å². The maximum Gasteiger partial charge on any atom is 0.259 e. The lowest BCUT2D eigenvalue weighted by atomic mass is 10.0. The van der Waals surface area contributed by atoms with Crippen LogP contribution in [0.15, 0.2) is 10.2 Å². The van der Waals surface area contributed by atoms with Crippen LogP contribution in [0.4, 0.5) is 0 Å². The van der Waals surface area contributed by atoms with E-state index in [1.54, 1.807) is 11.3 Å². The highest BCUT2D eigenvalue weighted by Gasteiger charge is 2.23. The fourth-order valence-corrected chi connectivity index (χ4v) is 3.25. The van der Waals surface area contributed by atoms with Crippen LogP contribution in [0.25, 0.3) is 10.2 Å². The molecule has 1 fully saturated rings. The van der Waals surface area contributed by atoms with E-state index in [1.807, 2.05) is 0 Å². The number of fused-ring (bicyclic) bond motifs is 1. The van der Waals surface area contributed by atoms with Gasteiger partial charge in [-0.25, -0.2) is 4.98 Å². The van der Waals surface area contributed by atoms with Crippen molar-refractivity contribution in [2.24, 2.45) is 5.92 Å². The molecule has 0 radical (unpaired) electrons. The highest BCUT2D eigenvalue weighted by atomic mass is 32.1. The molecule has 0 spiro atoms. The summed E-state index contributed by atoms with van der Waals surface area (Å²) in [5.74, 6) is 1.99. The van der Waals surface area contributed by atoms with E-state index in [0.717, 1.165) is 33.9 Å². The third kappa shape index (κ3) is 2.02. The molecule has 1 saturated carbocycles. The molecule has 1 aliphatic carbocycles. The maximum atomic E-state index is 12.1. The van der Waals surface area contributed by atoms with Crippen molar-refractivity contribution in [2.45, 2.75) is 39.0 Å². The SMILES string of the molecule is CC(C)c1csc2nc(CC3CC3)[nH]c(=O)c12. The Hall–Kier alpha value is -1.16. The van der Waals surface area contributed by atoms with Crippen molar-refractivity contribution in [3.05, 3.63) is 27.1 Å². The second-order valence-corrected chi connectivity index (χ2v) is 6.04. The first-order valence-electron chi connectivity index (χ1n) is 6.15. The fraction of sp³-hybridized carbons (Fsp3) is 0.538. The predicted molar refractivity (Wildman–Crippen MR) is 70.8 cm³/mol. The zero-order valence-electron chi connectivity index (χ0n) is 10.1. The summed E-state index contributed by atoms with van der Waals surface area (Å²) in [4.78, 5) is 20.5. The van der Waals surface area contributed by atoms with Crippen molar-refractivity contribution < 1.29 is 0 Å². The van der Waals surface area contributed by atoms with Gasteiger partial charge in [0.1, 0.15) is 10.7 Å². The molecule has 2 aromatic rings. The van der Waals surface area contributed by atoms with Gasteiger partial charge in [0, 0.05) is 6.42 Å². The predicted octanol–water partition coefficient (Wildman–Crippen LogP) is 3.06.